The molecule has 136 valence electrons. The predicted molar refractivity (Wildman–Crippen MR) is 93.3 cm³/mol. The van der Waals surface area contributed by atoms with Crippen molar-refractivity contribution in [3.63, 3.8) is 0 Å². The summed E-state index contributed by atoms with van der Waals surface area (Å²) in [4.78, 5) is 27.4. The molecule has 0 aromatic carbocycles. The quantitative estimate of drug-likeness (QED) is 0.696. The molecule has 7 heteroatoms. The molecule has 1 aromatic heterocycles. The van der Waals surface area contributed by atoms with Crippen LogP contribution in [0.15, 0.2) is 0 Å². The number of hydrogen-bond donors (Lipinski definition) is 3. The number of fused-ring (bicyclic) bond motifs is 1. The number of hydrogen-bond acceptors (Lipinski definition) is 4. The van der Waals surface area contributed by atoms with E-state index in [1.54, 1.807) is 0 Å². The van der Waals surface area contributed by atoms with Crippen molar-refractivity contribution < 1.29 is 9.59 Å². The molecule has 1 spiro atoms. The first-order chi connectivity index (χ1) is 11.9. The zero-order valence-corrected chi connectivity index (χ0v) is 15.1. The van der Waals surface area contributed by atoms with E-state index in [2.05, 4.69) is 34.7 Å². The molecule has 4 rings (SSSR count). The van der Waals surface area contributed by atoms with E-state index in [4.69, 9.17) is 0 Å². The summed E-state index contributed by atoms with van der Waals surface area (Å²) in [5.41, 5.74) is 2.30. The summed E-state index contributed by atoms with van der Waals surface area (Å²) in [5.74, 6) is 0.0782. The Morgan fingerprint density at radius 1 is 1.16 bits per heavy atom. The highest BCUT2D eigenvalue weighted by molar-refractivity contribution is 5.94. The molecule has 7 nitrogen and oxygen atoms in total. The maximum absolute atomic E-state index is 12.9. The first kappa shape index (κ1) is 16.6. The number of carbonyl (C=O) groups is 2. The normalized spacial score (nSPS) is 24.7. The molecule has 0 unspecified atom stereocenters. The lowest BCUT2D eigenvalue weighted by Crippen LogP contribution is -2.61. The van der Waals surface area contributed by atoms with Gasteiger partial charge < -0.3 is 15.5 Å². The van der Waals surface area contributed by atoms with Crippen LogP contribution in [0.25, 0.3) is 0 Å². The Bertz CT molecular complexity index is 700. The number of carbonyl (C=O) groups excluding carboxylic acids is 2. The monoisotopic (exact) mass is 345 g/mol. The van der Waals surface area contributed by atoms with Gasteiger partial charge in [0, 0.05) is 37.4 Å². The van der Waals surface area contributed by atoms with Crippen LogP contribution in [0.3, 0.4) is 0 Å². The fourth-order valence-electron chi connectivity index (χ4n) is 4.18. The molecule has 0 atom stereocenters. The lowest BCUT2D eigenvalue weighted by molar-refractivity contribution is -0.128. The molecule has 2 saturated heterocycles. The van der Waals surface area contributed by atoms with Crippen molar-refractivity contribution in [2.75, 3.05) is 26.2 Å². The zero-order valence-electron chi connectivity index (χ0n) is 15.1. The van der Waals surface area contributed by atoms with Crippen molar-refractivity contribution in [2.45, 2.75) is 51.5 Å². The highest BCUT2D eigenvalue weighted by atomic mass is 16.2. The van der Waals surface area contributed by atoms with Crippen molar-refractivity contribution in [2.24, 2.45) is 5.41 Å². The molecule has 1 aromatic rings. The van der Waals surface area contributed by atoms with Gasteiger partial charge in [-0.2, -0.15) is 5.10 Å². The van der Waals surface area contributed by atoms with E-state index in [9.17, 15) is 9.59 Å². The molecule has 0 saturated carbocycles. The average Bonchev–Trinajstić information content (AvgIpc) is 3.19. The van der Waals surface area contributed by atoms with Crippen molar-refractivity contribution in [1.29, 1.82) is 0 Å². The van der Waals surface area contributed by atoms with Crippen LogP contribution >= 0.6 is 0 Å². The number of H-pyrrole nitrogens is 1. The van der Waals surface area contributed by atoms with Gasteiger partial charge in [-0.05, 0) is 37.5 Å². The molecule has 25 heavy (non-hydrogen) atoms. The molecular weight excluding hydrogens is 318 g/mol. The van der Waals surface area contributed by atoms with Gasteiger partial charge in [0.1, 0.15) is 5.54 Å². The molecule has 2 aliphatic heterocycles. The van der Waals surface area contributed by atoms with Gasteiger partial charge in [0.25, 0.3) is 5.91 Å². The van der Waals surface area contributed by atoms with Crippen molar-refractivity contribution in [3.05, 3.63) is 17.0 Å². The Morgan fingerprint density at radius 3 is 2.68 bits per heavy atom. The van der Waals surface area contributed by atoms with Crippen LogP contribution in [-0.2, 0) is 17.6 Å². The van der Waals surface area contributed by atoms with E-state index >= 15 is 0 Å². The van der Waals surface area contributed by atoms with E-state index in [0.717, 1.165) is 37.1 Å². The smallest absolute Gasteiger partial charge is 0.274 e. The Labute approximate surface area is 147 Å². The van der Waals surface area contributed by atoms with Gasteiger partial charge >= 0.3 is 0 Å². The van der Waals surface area contributed by atoms with Crippen LogP contribution in [0.2, 0.25) is 0 Å². The fraction of sp³-hybridized carbons (Fsp3) is 0.722. The summed E-state index contributed by atoms with van der Waals surface area (Å²) in [6, 6.07) is 0. The number of rotatable bonds is 1. The molecule has 3 N–H and O–H groups in total. The van der Waals surface area contributed by atoms with Crippen LogP contribution in [0.4, 0.5) is 0 Å². The zero-order chi connectivity index (χ0) is 17.7. The largest absolute Gasteiger partial charge is 0.354 e. The Balaban J connectivity index is 1.46. The summed E-state index contributed by atoms with van der Waals surface area (Å²) in [6.07, 6.45) is 4.30. The van der Waals surface area contributed by atoms with Crippen molar-refractivity contribution >= 4 is 11.8 Å². The second-order valence-corrected chi connectivity index (χ2v) is 8.46. The van der Waals surface area contributed by atoms with Crippen LogP contribution in [0.1, 0.15) is 54.9 Å². The van der Waals surface area contributed by atoms with Crippen LogP contribution in [0, 0.1) is 5.41 Å². The third kappa shape index (κ3) is 2.84. The Hall–Kier alpha value is -1.89. The number of nitrogens with zero attached hydrogens (tertiary/aromatic N) is 2. The molecule has 3 aliphatic rings. The number of likely N-dealkylation sites (tertiary alicyclic amines) is 1. The molecule has 0 radical (unpaired) electrons. The van der Waals surface area contributed by atoms with E-state index in [-0.39, 0.29) is 17.2 Å². The second-order valence-electron chi connectivity index (χ2n) is 8.46. The molecule has 3 heterocycles. The Morgan fingerprint density at radius 2 is 1.92 bits per heavy atom. The highest BCUT2D eigenvalue weighted by Gasteiger charge is 2.45. The SMILES string of the molecule is CC1(C)CNC(=O)C2(CCN(C(=O)c3n[nH]c4c3CCC4)CC2)NC1. The minimum atomic E-state index is -0.544. The standard InChI is InChI=1S/C18H27N5O2/c1-17(2)10-19-16(25)18(20-11-17)6-8-23(9-7-18)15(24)14-12-4-3-5-13(12)21-22-14/h20H,3-11H2,1-2H3,(H,19,25)(H,21,22). The summed E-state index contributed by atoms with van der Waals surface area (Å²) in [5, 5.41) is 13.8. The van der Waals surface area contributed by atoms with E-state index in [0.29, 0.717) is 38.2 Å². The number of amides is 2. The third-order valence-electron chi connectivity index (χ3n) is 5.98. The van der Waals surface area contributed by atoms with Gasteiger partial charge in [-0.1, -0.05) is 13.8 Å². The third-order valence-corrected chi connectivity index (χ3v) is 5.98. The van der Waals surface area contributed by atoms with Crippen LogP contribution < -0.4 is 10.6 Å². The molecule has 2 fully saturated rings. The van der Waals surface area contributed by atoms with Gasteiger partial charge in [-0.25, -0.2) is 0 Å². The summed E-state index contributed by atoms with van der Waals surface area (Å²) < 4.78 is 0. The lowest BCUT2D eigenvalue weighted by atomic mass is 9.86. The maximum Gasteiger partial charge on any atom is 0.274 e. The summed E-state index contributed by atoms with van der Waals surface area (Å²) >= 11 is 0. The van der Waals surface area contributed by atoms with Gasteiger partial charge in [0.15, 0.2) is 5.69 Å². The number of aromatic nitrogens is 2. The molecule has 0 bridgehead atoms. The van der Waals surface area contributed by atoms with E-state index in [1.165, 1.54) is 0 Å². The summed E-state index contributed by atoms with van der Waals surface area (Å²) in [6.45, 7) is 6.95. The minimum absolute atomic E-state index is 0.00334. The number of aromatic amines is 1. The Kier molecular flexibility index (Phi) is 3.86. The predicted octanol–water partition coefficient (Wildman–Crippen LogP) is 0.619. The van der Waals surface area contributed by atoms with E-state index in [1.807, 2.05) is 4.90 Å². The van der Waals surface area contributed by atoms with E-state index < -0.39 is 5.54 Å². The second kappa shape index (κ2) is 5.83. The lowest BCUT2D eigenvalue weighted by Gasteiger charge is -2.40. The first-order valence-electron chi connectivity index (χ1n) is 9.29. The number of nitrogens with one attached hydrogen (secondary N) is 3. The maximum atomic E-state index is 12.9. The van der Waals surface area contributed by atoms with Gasteiger partial charge in [0.05, 0.1) is 0 Å². The molecule has 1 aliphatic carbocycles. The van der Waals surface area contributed by atoms with Crippen molar-refractivity contribution in [1.82, 2.24) is 25.7 Å². The molecule has 2 amide bonds. The van der Waals surface area contributed by atoms with Gasteiger partial charge in [-0.15, -0.1) is 0 Å². The number of aryl methyl sites for hydroxylation is 1. The number of piperidine rings is 1. The topological polar surface area (TPSA) is 90.1 Å². The van der Waals surface area contributed by atoms with Crippen LogP contribution in [-0.4, -0.2) is 58.6 Å². The first-order valence-corrected chi connectivity index (χ1v) is 9.29. The van der Waals surface area contributed by atoms with Gasteiger partial charge in [0.2, 0.25) is 5.91 Å². The summed E-state index contributed by atoms with van der Waals surface area (Å²) in [7, 11) is 0. The van der Waals surface area contributed by atoms with Gasteiger partial charge in [-0.3, -0.25) is 14.7 Å². The highest BCUT2D eigenvalue weighted by Crippen LogP contribution is 2.29. The average molecular weight is 345 g/mol. The molecular formula is C18H27N5O2. The van der Waals surface area contributed by atoms with Crippen LogP contribution in [0.5, 0.6) is 0 Å². The van der Waals surface area contributed by atoms with Crippen molar-refractivity contribution in [3.8, 4) is 0 Å². The fourth-order valence-corrected chi connectivity index (χ4v) is 4.18. The minimum Gasteiger partial charge on any atom is -0.354 e.